The van der Waals surface area contributed by atoms with Gasteiger partial charge in [-0.25, -0.2) is 4.68 Å². The molecule has 1 aromatic carbocycles. The number of para-hydroxylation sites is 1. The first-order valence-corrected chi connectivity index (χ1v) is 8.93. The Morgan fingerprint density at radius 2 is 1.92 bits per heavy atom. The van der Waals surface area contributed by atoms with Crippen molar-refractivity contribution in [2.24, 2.45) is 4.99 Å². The summed E-state index contributed by atoms with van der Waals surface area (Å²) >= 11 is 0. The van der Waals surface area contributed by atoms with Crippen molar-refractivity contribution in [3.63, 3.8) is 0 Å². The van der Waals surface area contributed by atoms with Gasteiger partial charge in [0.25, 0.3) is 0 Å². The van der Waals surface area contributed by atoms with Crippen molar-refractivity contribution in [2.75, 3.05) is 47.1 Å². The lowest BCUT2D eigenvalue weighted by Gasteiger charge is -2.11. The molecule has 0 amide bonds. The van der Waals surface area contributed by atoms with E-state index >= 15 is 0 Å². The highest BCUT2D eigenvalue weighted by Gasteiger charge is 2.02. The molecule has 2 aromatic rings. The van der Waals surface area contributed by atoms with E-state index in [1.54, 1.807) is 14.2 Å². The number of hydrogen-bond donors (Lipinski definition) is 2. The summed E-state index contributed by atoms with van der Waals surface area (Å²) in [7, 11) is 3.45. The Balaban J connectivity index is 1.63. The number of aliphatic imine (C=N–C) groups is 1. The summed E-state index contributed by atoms with van der Waals surface area (Å²) in [6.07, 6.45) is 5.77. The predicted octanol–water partition coefficient (Wildman–Crippen LogP) is 1.63. The summed E-state index contributed by atoms with van der Waals surface area (Å²) < 4.78 is 12.3. The number of methoxy groups -OCH3 is 1. The number of aromatic nitrogens is 2. The van der Waals surface area contributed by atoms with Gasteiger partial charge in [0.05, 0.1) is 25.1 Å². The van der Waals surface area contributed by atoms with E-state index in [0.29, 0.717) is 19.8 Å². The summed E-state index contributed by atoms with van der Waals surface area (Å²) in [6, 6.07) is 10.1. The summed E-state index contributed by atoms with van der Waals surface area (Å²) in [5.74, 6) is 0.803. The average Bonchev–Trinajstić information content (AvgIpc) is 3.15. The van der Waals surface area contributed by atoms with Gasteiger partial charge in [-0.2, -0.15) is 5.10 Å². The molecule has 2 N–H and O–H groups in total. The van der Waals surface area contributed by atoms with E-state index in [1.807, 2.05) is 41.2 Å². The van der Waals surface area contributed by atoms with E-state index in [9.17, 15) is 0 Å². The number of guanidine groups is 1. The molecule has 2 rings (SSSR count). The monoisotopic (exact) mass is 359 g/mol. The first-order chi connectivity index (χ1) is 12.8. The molecule has 0 saturated carbocycles. The van der Waals surface area contributed by atoms with Gasteiger partial charge in [0, 0.05) is 40.1 Å². The maximum atomic E-state index is 5.43. The van der Waals surface area contributed by atoms with Gasteiger partial charge in [-0.05, 0) is 30.5 Å². The highest BCUT2D eigenvalue weighted by molar-refractivity contribution is 5.79. The first kappa shape index (κ1) is 19.9. The average molecular weight is 359 g/mol. The molecule has 0 unspecified atom stereocenters. The van der Waals surface area contributed by atoms with Crippen LogP contribution in [-0.4, -0.2) is 62.8 Å². The largest absolute Gasteiger partial charge is 0.382 e. The summed E-state index contributed by atoms with van der Waals surface area (Å²) in [5, 5.41) is 11.0. The van der Waals surface area contributed by atoms with Crippen LogP contribution in [0.2, 0.25) is 0 Å². The molecule has 0 aliphatic carbocycles. The minimum absolute atomic E-state index is 0.636. The predicted molar refractivity (Wildman–Crippen MR) is 104 cm³/mol. The SMILES string of the molecule is CN=C(NCCCOCCOC)NCCc1cnn(-c2ccccc2)c1. The quantitative estimate of drug-likeness (QED) is 0.362. The lowest BCUT2D eigenvalue weighted by Crippen LogP contribution is -2.39. The van der Waals surface area contributed by atoms with Crippen LogP contribution in [0, 0.1) is 0 Å². The normalized spacial score (nSPS) is 11.5. The number of rotatable bonds is 11. The maximum absolute atomic E-state index is 5.43. The van der Waals surface area contributed by atoms with Crippen molar-refractivity contribution in [3.05, 3.63) is 48.3 Å². The fourth-order valence-electron chi connectivity index (χ4n) is 2.38. The Kier molecular flexibility index (Phi) is 9.24. The second kappa shape index (κ2) is 12.1. The van der Waals surface area contributed by atoms with Gasteiger partial charge in [-0.15, -0.1) is 0 Å². The van der Waals surface area contributed by atoms with Crippen LogP contribution in [-0.2, 0) is 15.9 Å². The summed E-state index contributed by atoms with van der Waals surface area (Å²) in [4.78, 5) is 4.23. The van der Waals surface area contributed by atoms with Crippen molar-refractivity contribution in [3.8, 4) is 5.69 Å². The van der Waals surface area contributed by atoms with E-state index < -0.39 is 0 Å². The van der Waals surface area contributed by atoms with Crippen LogP contribution in [0.25, 0.3) is 5.69 Å². The molecule has 0 saturated heterocycles. The Morgan fingerprint density at radius 3 is 2.69 bits per heavy atom. The van der Waals surface area contributed by atoms with E-state index in [2.05, 4.69) is 26.9 Å². The van der Waals surface area contributed by atoms with Crippen molar-refractivity contribution in [1.82, 2.24) is 20.4 Å². The van der Waals surface area contributed by atoms with Crippen LogP contribution in [0.15, 0.2) is 47.7 Å². The zero-order chi connectivity index (χ0) is 18.5. The number of ether oxygens (including phenoxy) is 2. The number of nitrogens with one attached hydrogen (secondary N) is 2. The van der Waals surface area contributed by atoms with Gasteiger partial charge < -0.3 is 20.1 Å². The molecule has 0 aliphatic heterocycles. The number of hydrogen-bond acceptors (Lipinski definition) is 4. The van der Waals surface area contributed by atoms with Crippen LogP contribution >= 0.6 is 0 Å². The Morgan fingerprint density at radius 1 is 1.12 bits per heavy atom. The van der Waals surface area contributed by atoms with Crippen LogP contribution < -0.4 is 10.6 Å². The van der Waals surface area contributed by atoms with E-state index in [4.69, 9.17) is 9.47 Å². The molecule has 0 radical (unpaired) electrons. The topological polar surface area (TPSA) is 72.7 Å². The summed E-state index contributed by atoms with van der Waals surface area (Å²) in [5.41, 5.74) is 2.25. The maximum Gasteiger partial charge on any atom is 0.190 e. The van der Waals surface area contributed by atoms with Gasteiger partial charge in [-0.1, -0.05) is 18.2 Å². The molecule has 7 nitrogen and oxygen atoms in total. The molecule has 0 spiro atoms. The second-order valence-corrected chi connectivity index (χ2v) is 5.76. The van der Waals surface area contributed by atoms with Gasteiger partial charge in [-0.3, -0.25) is 4.99 Å². The summed E-state index contributed by atoms with van der Waals surface area (Å²) in [6.45, 7) is 3.60. The highest BCUT2D eigenvalue weighted by Crippen LogP contribution is 2.07. The first-order valence-electron chi connectivity index (χ1n) is 8.93. The molecule has 0 fully saturated rings. The van der Waals surface area contributed by atoms with Crippen molar-refractivity contribution in [2.45, 2.75) is 12.8 Å². The Labute approximate surface area is 155 Å². The molecule has 0 aliphatic rings. The number of nitrogens with zero attached hydrogens (tertiary/aromatic N) is 3. The minimum atomic E-state index is 0.636. The zero-order valence-corrected chi connectivity index (χ0v) is 15.6. The lowest BCUT2D eigenvalue weighted by molar-refractivity contribution is 0.0698. The van der Waals surface area contributed by atoms with E-state index in [-0.39, 0.29) is 0 Å². The molecule has 1 aromatic heterocycles. The fourth-order valence-corrected chi connectivity index (χ4v) is 2.38. The van der Waals surface area contributed by atoms with Crippen molar-refractivity contribution in [1.29, 1.82) is 0 Å². The third-order valence-electron chi connectivity index (χ3n) is 3.78. The van der Waals surface area contributed by atoms with Crippen molar-refractivity contribution < 1.29 is 9.47 Å². The van der Waals surface area contributed by atoms with Crippen LogP contribution in [0.1, 0.15) is 12.0 Å². The molecule has 26 heavy (non-hydrogen) atoms. The van der Waals surface area contributed by atoms with E-state index in [1.165, 1.54) is 5.56 Å². The molecular weight excluding hydrogens is 330 g/mol. The molecule has 0 atom stereocenters. The van der Waals surface area contributed by atoms with Crippen LogP contribution in [0.4, 0.5) is 0 Å². The smallest absolute Gasteiger partial charge is 0.190 e. The molecule has 7 heteroatoms. The fraction of sp³-hybridized carbons (Fsp3) is 0.474. The van der Waals surface area contributed by atoms with E-state index in [0.717, 1.165) is 37.6 Å². The highest BCUT2D eigenvalue weighted by atomic mass is 16.5. The van der Waals surface area contributed by atoms with Crippen molar-refractivity contribution >= 4 is 5.96 Å². The number of benzene rings is 1. The standard InChI is InChI=1S/C19H29N5O2/c1-20-19(21-10-6-12-26-14-13-25-2)22-11-9-17-15-23-24(16-17)18-7-4-3-5-8-18/h3-5,7-8,15-16H,6,9-14H2,1-2H3,(H2,20,21,22). The zero-order valence-electron chi connectivity index (χ0n) is 15.6. The van der Waals surface area contributed by atoms with Gasteiger partial charge in [0.1, 0.15) is 0 Å². The third-order valence-corrected chi connectivity index (χ3v) is 3.78. The third kappa shape index (κ3) is 7.25. The van der Waals surface area contributed by atoms with Crippen LogP contribution in [0.5, 0.6) is 0 Å². The Bertz CT molecular complexity index is 642. The Hall–Kier alpha value is -2.38. The molecule has 1 heterocycles. The lowest BCUT2D eigenvalue weighted by atomic mass is 10.2. The molecule has 142 valence electrons. The van der Waals surface area contributed by atoms with Crippen LogP contribution in [0.3, 0.4) is 0 Å². The molecule has 0 bridgehead atoms. The van der Waals surface area contributed by atoms with Gasteiger partial charge >= 0.3 is 0 Å². The van der Waals surface area contributed by atoms with Gasteiger partial charge in [0.2, 0.25) is 0 Å². The minimum Gasteiger partial charge on any atom is -0.382 e. The molecular formula is C19H29N5O2. The van der Waals surface area contributed by atoms with Gasteiger partial charge in [0.15, 0.2) is 5.96 Å². The second-order valence-electron chi connectivity index (χ2n) is 5.76.